The Morgan fingerprint density at radius 1 is 1.22 bits per heavy atom. The van der Waals surface area contributed by atoms with Crippen LogP contribution < -0.4 is 14.4 Å². The Bertz CT molecular complexity index is 845. The van der Waals surface area contributed by atoms with Crippen LogP contribution in [0.15, 0.2) is 53.7 Å². The van der Waals surface area contributed by atoms with Gasteiger partial charge in [0.2, 0.25) is 15.9 Å². The van der Waals surface area contributed by atoms with Gasteiger partial charge in [0.25, 0.3) is 0 Å². The summed E-state index contributed by atoms with van der Waals surface area (Å²) in [5.74, 6) is 0.675. The van der Waals surface area contributed by atoms with Crippen LogP contribution in [0.5, 0.6) is 5.75 Å². The average molecular weight is 410 g/mol. The van der Waals surface area contributed by atoms with Gasteiger partial charge in [0.05, 0.1) is 23.6 Å². The van der Waals surface area contributed by atoms with Crippen LogP contribution in [0, 0.1) is 0 Å². The van der Waals surface area contributed by atoms with Gasteiger partial charge in [-0.05, 0) is 31.2 Å². The largest absolute Gasteiger partial charge is 0.492 e. The van der Waals surface area contributed by atoms with Gasteiger partial charge in [-0.25, -0.2) is 13.4 Å². The van der Waals surface area contributed by atoms with Gasteiger partial charge < -0.3 is 10.1 Å². The van der Waals surface area contributed by atoms with Crippen molar-refractivity contribution in [3.63, 3.8) is 0 Å². The first kappa shape index (κ1) is 21.0. The number of anilines is 1. The van der Waals surface area contributed by atoms with Crippen LogP contribution in [0.2, 0.25) is 0 Å². The van der Waals surface area contributed by atoms with Crippen LogP contribution in [0.4, 0.5) is 5.69 Å². The molecule has 0 saturated heterocycles. The molecule has 7 nitrogen and oxygen atoms in total. The second-order valence-electron chi connectivity index (χ2n) is 5.54. The normalized spacial score (nSPS) is 11.0. The topological polar surface area (TPSA) is 88.6 Å². The molecule has 1 aromatic heterocycles. The second-order valence-corrected chi connectivity index (χ2v) is 8.56. The third-order valence-electron chi connectivity index (χ3n) is 3.43. The quantitative estimate of drug-likeness (QED) is 0.478. The highest BCUT2D eigenvalue weighted by Crippen LogP contribution is 2.29. The fourth-order valence-electron chi connectivity index (χ4n) is 2.29. The molecule has 0 unspecified atom stereocenters. The van der Waals surface area contributed by atoms with E-state index in [1.54, 1.807) is 30.5 Å². The number of ether oxygens (including phenoxy) is 1. The van der Waals surface area contributed by atoms with Crippen molar-refractivity contribution in [1.29, 1.82) is 0 Å². The molecule has 1 amide bonds. The number of hydrogen-bond donors (Lipinski definition) is 1. The Labute approximate surface area is 164 Å². The van der Waals surface area contributed by atoms with Crippen LogP contribution in [-0.4, -0.2) is 51.0 Å². The second kappa shape index (κ2) is 10.2. The molecule has 27 heavy (non-hydrogen) atoms. The zero-order valence-corrected chi connectivity index (χ0v) is 16.9. The monoisotopic (exact) mass is 409 g/mol. The number of nitrogens with zero attached hydrogens (tertiary/aromatic N) is 2. The van der Waals surface area contributed by atoms with Crippen molar-refractivity contribution in [2.45, 2.75) is 11.9 Å². The summed E-state index contributed by atoms with van der Waals surface area (Å²) in [5.41, 5.74) is 0.347. The number of carbonyl (C=O) groups excluding carboxylic acids is 1. The molecule has 0 atom stereocenters. The molecule has 9 heteroatoms. The predicted molar refractivity (Wildman–Crippen MR) is 108 cm³/mol. The van der Waals surface area contributed by atoms with Crippen LogP contribution in [0.25, 0.3) is 0 Å². The minimum atomic E-state index is -3.65. The minimum Gasteiger partial charge on any atom is -0.492 e. The van der Waals surface area contributed by atoms with E-state index >= 15 is 0 Å². The third-order valence-corrected chi connectivity index (χ3v) is 5.51. The maximum atomic E-state index is 12.3. The Hall–Kier alpha value is -2.26. The van der Waals surface area contributed by atoms with Crippen molar-refractivity contribution in [2.24, 2.45) is 0 Å². The molecule has 0 fully saturated rings. The molecule has 0 saturated carbocycles. The summed E-state index contributed by atoms with van der Waals surface area (Å²) in [4.78, 5) is 16.5. The fourth-order valence-corrected chi connectivity index (χ4v) is 3.87. The Morgan fingerprint density at radius 3 is 2.63 bits per heavy atom. The molecule has 2 aromatic rings. The lowest BCUT2D eigenvalue weighted by molar-refractivity contribution is -0.119. The summed E-state index contributed by atoms with van der Waals surface area (Å²) in [7, 11) is -3.65. The highest BCUT2D eigenvalue weighted by Gasteiger charge is 2.23. The van der Waals surface area contributed by atoms with Gasteiger partial charge in [0.1, 0.15) is 12.3 Å². The van der Waals surface area contributed by atoms with E-state index in [1.165, 1.54) is 11.8 Å². The van der Waals surface area contributed by atoms with Gasteiger partial charge in [-0.1, -0.05) is 18.2 Å². The maximum absolute atomic E-state index is 12.3. The first-order valence-corrected chi connectivity index (χ1v) is 11.2. The van der Waals surface area contributed by atoms with Crippen molar-refractivity contribution in [3.05, 3.63) is 48.7 Å². The molecule has 0 aliphatic rings. The molecule has 146 valence electrons. The first-order valence-electron chi connectivity index (χ1n) is 8.42. The van der Waals surface area contributed by atoms with Gasteiger partial charge in [-0.3, -0.25) is 9.10 Å². The fraction of sp³-hybridized carbons (Fsp3) is 0.333. The summed E-state index contributed by atoms with van der Waals surface area (Å²) in [6, 6.07) is 12.4. The summed E-state index contributed by atoms with van der Waals surface area (Å²) in [6.45, 7) is 2.31. The molecular formula is C18H23N3O4S2. The molecule has 1 aromatic carbocycles. The number of thioether (sulfide) groups is 1. The molecule has 1 heterocycles. The van der Waals surface area contributed by atoms with E-state index in [4.69, 9.17) is 4.74 Å². The molecule has 0 radical (unpaired) electrons. The summed E-state index contributed by atoms with van der Waals surface area (Å²) < 4.78 is 31.0. The van der Waals surface area contributed by atoms with Gasteiger partial charge >= 0.3 is 0 Å². The van der Waals surface area contributed by atoms with E-state index in [0.29, 0.717) is 30.3 Å². The van der Waals surface area contributed by atoms with Crippen LogP contribution >= 0.6 is 11.8 Å². The number of pyridine rings is 1. The average Bonchev–Trinajstić information content (AvgIpc) is 2.64. The summed E-state index contributed by atoms with van der Waals surface area (Å²) in [5, 5.41) is 3.61. The number of rotatable bonds is 10. The Kier molecular flexibility index (Phi) is 7.93. The number of carbonyl (C=O) groups is 1. The molecule has 0 spiro atoms. The number of aromatic nitrogens is 1. The van der Waals surface area contributed by atoms with Gasteiger partial charge in [0.15, 0.2) is 0 Å². The lowest BCUT2D eigenvalue weighted by atomic mass is 10.3. The van der Waals surface area contributed by atoms with E-state index in [9.17, 15) is 13.2 Å². The van der Waals surface area contributed by atoms with E-state index in [0.717, 1.165) is 15.6 Å². The van der Waals surface area contributed by atoms with Crippen molar-refractivity contribution >= 4 is 33.4 Å². The Morgan fingerprint density at radius 2 is 1.96 bits per heavy atom. The van der Waals surface area contributed by atoms with Gasteiger partial charge in [0, 0.05) is 18.5 Å². The van der Waals surface area contributed by atoms with E-state index in [2.05, 4.69) is 10.3 Å². The first-order chi connectivity index (χ1) is 12.9. The molecule has 1 N–H and O–H groups in total. The highest BCUT2D eigenvalue weighted by molar-refractivity contribution is 7.99. The number of amides is 1. The van der Waals surface area contributed by atoms with Crippen LogP contribution in [0.1, 0.15) is 6.92 Å². The van der Waals surface area contributed by atoms with E-state index in [1.807, 2.05) is 25.1 Å². The number of hydrogen-bond acceptors (Lipinski definition) is 6. The molecule has 2 rings (SSSR count). The van der Waals surface area contributed by atoms with Crippen LogP contribution in [-0.2, 0) is 14.8 Å². The van der Waals surface area contributed by atoms with Gasteiger partial charge in [-0.15, -0.1) is 11.8 Å². The maximum Gasteiger partial charge on any atom is 0.240 e. The minimum absolute atomic E-state index is 0.308. The van der Waals surface area contributed by atoms with Crippen molar-refractivity contribution in [1.82, 2.24) is 10.3 Å². The summed E-state index contributed by atoms with van der Waals surface area (Å²) in [6.07, 6.45) is 2.78. The molecule has 0 aliphatic heterocycles. The number of nitrogens with one attached hydrogen (secondary N) is 1. The third kappa shape index (κ3) is 6.76. The lowest BCUT2D eigenvalue weighted by Crippen LogP contribution is -2.41. The predicted octanol–water partition coefficient (Wildman–Crippen LogP) is 2.15. The van der Waals surface area contributed by atoms with E-state index < -0.39 is 10.0 Å². The smallest absolute Gasteiger partial charge is 0.240 e. The van der Waals surface area contributed by atoms with Crippen molar-refractivity contribution in [3.8, 4) is 5.75 Å². The summed E-state index contributed by atoms with van der Waals surface area (Å²) >= 11 is 1.51. The number of sulfonamides is 1. The number of benzene rings is 1. The molecule has 0 aliphatic carbocycles. The Balaban J connectivity index is 1.97. The molecular weight excluding hydrogens is 386 g/mol. The lowest BCUT2D eigenvalue weighted by Gasteiger charge is -2.24. The van der Waals surface area contributed by atoms with Crippen molar-refractivity contribution in [2.75, 3.05) is 36.0 Å². The zero-order valence-electron chi connectivity index (χ0n) is 15.3. The number of para-hydroxylation sites is 2. The van der Waals surface area contributed by atoms with Crippen molar-refractivity contribution < 1.29 is 17.9 Å². The SMILES string of the molecule is CCOc1ccccc1N(CC(=O)NCCSc1ccccn1)S(C)(=O)=O. The van der Waals surface area contributed by atoms with Crippen LogP contribution in [0.3, 0.4) is 0 Å². The highest BCUT2D eigenvalue weighted by atomic mass is 32.2. The zero-order chi connectivity index (χ0) is 19.7. The molecule has 0 bridgehead atoms. The standard InChI is InChI=1S/C18H23N3O4S2/c1-3-25-16-9-5-4-8-15(16)21(27(2,23)24)14-17(22)19-12-13-26-18-10-6-7-11-20-18/h4-11H,3,12-14H2,1-2H3,(H,19,22). The van der Waals surface area contributed by atoms with E-state index in [-0.39, 0.29) is 12.5 Å². The van der Waals surface area contributed by atoms with Gasteiger partial charge in [-0.2, -0.15) is 0 Å².